The summed E-state index contributed by atoms with van der Waals surface area (Å²) in [6.07, 6.45) is 2.92. The molecule has 1 atom stereocenters. The monoisotopic (exact) mass is 369 g/mol. The third-order valence-electron chi connectivity index (χ3n) is 3.84. The quantitative estimate of drug-likeness (QED) is 0.572. The zero-order valence-corrected chi connectivity index (χ0v) is 15.6. The molecule has 0 aliphatic carbocycles. The van der Waals surface area contributed by atoms with Crippen LogP contribution >= 0.6 is 0 Å². The van der Waals surface area contributed by atoms with Crippen LogP contribution in [0.15, 0.2) is 54.6 Å². The second-order valence-electron chi connectivity index (χ2n) is 5.76. The average molecular weight is 369 g/mol. The maximum Gasteiger partial charge on any atom is 0.330 e. The molecule has 0 aromatic heterocycles. The van der Waals surface area contributed by atoms with E-state index < -0.39 is 5.97 Å². The number of hydrogen-bond donors (Lipinski definition) is 1. The molecule has 6 heteroatoms. The first-order valence-electron chi connectivity index (χ1n) is 8.44. The number of rotatable bonds is 8. The summed E-state index contributed by atoms with van der Waals surface area (Å²) in [5.41, 5.74) is 1.76. The highest BCUT2D eigenvalue weighted by Gasteiger charge is 2.12. The van der Waals surface area contributed by atoms with E-state index in [9.17, 15) is 9.59 Å². The Balaban J connectivity index is 1.95. The van der Waals surface area contributed by atoms with Gasteiger partial charge < -0.3 is 19.5 Å². The summed E-state index contributed by atoms with van der Waals surface area (Å²) >= 11 is 0. The first-order valence-corrected chi connectivity index (χ1v) is 8.44. The van der Waals surface area contributed by atoms with Crippen LogP contribution in [0.2, 0.25) is 0 Å². The van der Waals surface area contributed by atoms with Gasteiger partial charge in [-0.05, 0) is 36.3 Å². The molecule has 0 saturated heterocycles. The van der Waals surface area contributed by atoms with E-state index in [0.717, 1.165) is 11.1 Å². The molecular formula is C21H23NO5. The Hall–Kier alpha value is -3.28. The number of amides is 1. The van der Waals surface area contributed by atoms with Crippen molar-refractivity contribution in [1.29, 1.82) is 0 Å². The van der Waals surface area contributed by atoms with Crippen molar-refractivity contribution in [3.63, 3.8) is 0 Å². The third kappa shape index (κ3) is 6.18. The van der Waals surface area contributed by atoms with E-state index in [1.807, 2.05) is 37.3 Å². The Bertz CT molecular complexity index is 801. The van der Waals surface area contributed by atoms with Crippen LogP contribution in [0, 0.1) is 0 Å². The van der Waals surface area contributed by atoms with Crippen LogP contribution in [-0.4, -0.2) is 32.7 Å². The zero-order chi connectivity index (χ0) is 19.6. The van der Waals surface area contributed by atoms with E-state index in [-0.39, 0.29) is 18.6 Å². The molecule has 6 nitrogen and oxygen atoms in total. The minimum atomic E-state index is -0.446. The lowest BCUT2D eigenvalue weighted by Crippen LogP contribution is -2.31. The lowest BCUT2D eigenvalue weighted by atomic mass is 10.1. The predicted octanol–water partition coefficient (Wildman–Crippen LogP) is 3.14. The molecule has 0 saturated carbocycles. The second kappa shape index (κ2) is 10.0. The Morgan fingerprint density at radius 3 is 2.48 bits per heavy atom. The van der Waals surface area contributed by atoms with E-state index in [1.165, 1.54) is 20.3 Å². The molecule has 1 unspecified atom stereocenters. The van der Waals surface area contributed by atoms with Crippen LogP contribution in [0.4, 0.5) is 0 Å². The number of nitrogens with one attached hydrogen (secondary N) is 1. The first kappa shape index (κ1) is 20.0. The van der Waals surface area contributed by atoms with Crippen molar-refractivity contribution in [3.05, 3.63) is 65.7 Å². The van der Waals surface area contributed by atoms with Gasteiger partial charge in [0.15, 0.2) is 18.1 Å². The van der Waals surface area contributed by atoms with Gasteiger partial charge in [-0.3, -0.25) is 4.79 Å². The van der Waals surface area contributed by atoms with Crippen LogP contribution in [0.5, 0.6) is 11.5 Å². The van der Waals surface area contributed by atoms with Crippen molar-refractivity contribution >= 4 is 18.0 Å². The fraction of sp³-hybridized carbons (Fsp3) is 0.238. The molecule has 2 aromatic rings. The Morgan fingerprint density at radius 1 is 1.07 bits per heavy atom. The molecule has 0 bridgehead atoms. The van der Waals surface area contributed by atoms with E-state index >= 15 is 0 Å². The molecule has 0 aliphatic heterocycles. The number of benzene rings is 2. The number of carbonyl (C=O) groups excluding carboxylic acids is 2. The molecule has 27 heavy (non-hydrogen) atoms. The smallest absolute Gasteiger partial charge is 0.330 e. The molecule has 142 valence electrons. The molecule has 0 aliphatic rings. The number of esters is 1. The molecule has 1 amide bonds. The maximum atomic E-state index is 12.1. The lowest BCUT2D eigenvalue weighted by molar-refractivity contribution is -0.134. The van der Waals surface area contributed by atoms with Gasteiger partial charge >= 0.3 is 5.97 Å². The third-order valence-corrected chi connectivity index (χ3v) is 3.84. The van der Waals surface area contributed by atoms with Crippen molar-refractivity contribution in [3.8, 4) is 11.5 Å². The van der Waals surface area contributed by atoms with Gasteiger partial charge in [0.05, 0.1) is 20.3 Å². The zero-order valence-electron chi connectivity index (χ0n) is 15.6. The van der Waals surface area contributed by atoms with Crippen LogP contribution in [-0.2, 0) is 14.3 Å². The summed E-state index contributed by atoms with van der Waals surface area (Å²) in [7, 11) is 2.82. The first-order chi connectivity index (χ1) is 13.0. The summed E-state index contributed by atoms with van der Waals surface area (Å²) in [6.45, 7) is 1.78. The van der Waals surface area contributed by atoms with Crippen LogP contribution in [0.3, 0.4) is 0 Å². The fourth-order valence-electron chi connectivity index (χ4n) is 2.39. The van der Waals surface area contributed by atoms with E-state index in [2.05, 4.69) is 10.1 Å². The van der Waals surface area contributed by atoms with Gasteiger partial charge in [-0.2, -0.15) is 0 Å². The molecule has 1 N–H and O–H groups in total. The van der Waals surface area contributed by atoms with Crippen LogP contribution < -0.4 is 14.8 Å². The van der Waals surface area contributed by atoms with Gasteiger partial charge in [0.1, 0.15) is 0 Å². The summed E-state index contributed by atoms with van der Waals surface area (Å²) in [5, 5.41) is 2.89. The van der Waals surface area contributed by atoms with Gasteiger partial charge in [-0.1, -0.05) is 36.4 Å². The predicted molar refractivity (Wildman–Crippen MR) is 103 cm³/mol. The highest BCUT2D eigenvalue weighted by molar-refractivity contribution is 5.87. The van der Waals surface area contributed by atoms with Gasteiger partial charge in [-0.15, -0.1) is 0 Å². The molecule has 0 spiro atoms. The molecule has 0 radical (unpaired) electrons. The highest BCUT2D eigenvalue weighted by Crippen LogP contribution is 2.28. The minimum Gasteiger partial charge on any atom is -0.493 e. The molecule has 0 heterocycles. The number of carbonyl (C=O) groups is 2. The highest BCUT2D eigenvalue weighted by atomic mass is 16.5. The minimum absolute atomic E-state index is 0.116. The Kier molecular flexibility index (Phi) is 7.43. The lowest BCUT2D eigenvalue weighted by Gasteiger charge is -2.15. The SMILES string of the molecule is COC(=O)/C=C/c1ccc(OCC(=O)NC(C)c2ccccc2)c(OC)c1. The Morgan fingerprint density at radius 2 is 1.81 bits per heavy atom. The normalized spacial score (nSPS) is 11.7. The van der Waals surface area contributed by atoms with Crippen LogP contribution in [0.1, 0.15) is 24.1 Å². The van der Waals surface area contributed by atoms with Gasteiger partial charge in [0.2, 0.25) is 0 Å². The standard InChI is InChI=1S/C21H23NO5/c1-15(17-7-5-4-6-8-17)22-20(23)14-27-18-11-9-16(13-19(18)25-2)10-12-21(24)26-3/h4-13,15H,14H2,1-3H3,(H,22,23)/b12-10+. The number of ether oxygens (including phenoxy) is 3. The summed E-state index contributed by atoms with van der Waals surface area (Å²) < 4.78 is 15.4. The van der Waals surface area contributed by atoms with E-state index in [4.69, 9.17) is 9.47 Å². The molecule has 2 aromatic carbocycles. The van der Waals surface area contributed by atoms with Gasteiger partial charge in [0, 0.05) is 6.08 Å². The number of methoxy groups -OCH3 is 2. The average Bonchev–Trinajstić information content (AvgIpc) is 2.71. The van der Waals surface area contributed by atoms with Crippen molar-refractivity contribution in [2.45, 2.75) is 13.0 Å². The van der Waals surface area contributed by atoms with E-state index in [0.29, 0.717) is 11.5 Å². The second-order valence-corrected chi connectivity index (χ2v) is 5.76. The molecule has 2 rings (SSSR count). The number of hydrogen-bond acceptors (Lipinski definition) is 5. The van der Waals surface area contributed by atoms with Crippen molar-refractivity contribution in [2.24, 2.45) is 0 Å². The topological polar surface area (TPSA) is 73.9 Å². The Labute approximate surface area is 158 Å². The van der Waals surface area contributed by atoms with Crippen LogP contribution in [0.25, 0.3) is 6.08 Å². The summed E-state index contributed by atoms with van der Waals surface area (Å²) in [4.78, 5) is 23.3. The molecular weight excluding hydrogens is 346 g/mol. The largest absolute Gasteiger partial charge is 0.493 e. The summed E-state index contributed by atoms with van der Waals surface area (Å²) in [5.74, 6) is 0.225. The van der Waals surface area contributed by atoms with Crippen molar-refractivity contribution in [1.82, 2.24) is 5.32 Å². The van der Waals surface area contributed by atoms with Crippen molar-refractivity contribution in [2.75, 3.05) is 20.8 Å². The van der Waals surface area contributed by atoms with Gasteiger partial charge in [-0.25, -0.2) is 4.79 Å². The maximum absolute atomic E-state index is 12.1. The van der Waals surface area contributed by atoms with Gasteiger partial charge in [0.25, 0.3) is 5.91 Å². The van der Waals surface area contributed by atoms with E-state index in [1.54, 1.807) is 24.3 Å². The van der Waals surface area contributed by atoms with Crippen molar-refractivity contribution < 1.29 is 23.8 Å². The fourth-order valence-corrected chi connectivity index (χ4v) is 2.39. The molecule has 0 fully saturated rings. The summed E-state index contributed by atoms with van der Waals surface area (Å²) in [6, 6.07) is 14.7.